The Hall–Kier alpha value is -0.640. The van der Waals surface area contributed by atoms with Gasteiger partial charge in [0.15, 0.2) is 0 Å². The van der Waals surface area contributed by atoms with Crippen molar-refractivity contribution in [2.24, 2.45) is 5.92 Å². The molecule has 3 atom stereocenters. The predicted molar refractivity (Wildman–Crippen MR) is 80.4 cm³/mol. The fraction of sp³-hybridized carbons (Fsp3) is 0.625. The normalized spacial score (nSPS) is 34.5. The molecular formula is C16H23ClFNO. The van der Waals surface area contributed by atoms with Crippen LogP contribution in [0.1, 0.15) is 38.7 Å². The van der Waals surface area contributed by atoms with Crippen molar-refractivity contribution in [3.63, 3.8) is 0 Å². The van der Waals surface area contributed by atoms with Gasteiger partial charge < -0.3 is 10.0 Å². The highest BCUT2D eigenvalue weighted by Crippen LogP contribution is 2.51. The number of aliphatic hydroxyl groups is 1. The topological polar surface area (TPSA) is 23.5 Å². The first-order valence-corrected chi connectivity index (χ1v) is 7.47. The monoisotopic (exact) mass is 299 g/mol. The van der Waals surface area contributed by atoms with E-state index in [4.69, 9.17) is 11.6 Å². The van der Waals surface area contributed by atoms with Crippen LogP contribution in [0.3, 0.4) is 0 Å². The van der Waals surface area contributed by atoms with Gasteiger partial charge in [0.25, 0.3) is 0 Å². The van der Waals surface area contributed by atoms with Gasteiger partial charge in [-0.05, 0) is 45.8 Å². The van der Waals surface area contributed by atoms with E-state index < -0.39 is 17.0 Å². The smallest absolute Gasteiger partial charge is 0.142 e. The maximum atomic E-state index is 13.8. The van der Waals surface area contributed by atoms with Crippen molar-refractivity contribution in [3.05, 3.63) is 34.6 Å². The summed E-state index contributed by atoms with van der Waals surface area (Å²) in [6.07, 6.45) is 2.81. The molecule has 0 aromatic heterocycles. The van der Waals surface area contributed by atoms with E-state index >= 15 is 0 Å². The summed E-state index contributed by atoms with van der Waals surface area (Å²) >= 11 is 6.16. The summed E-state index contributed by atoms with van der Waals surface area (Å²) in [6, 6.07) is 4.69. The van der Waals surface area contributed by atoms with Crippen LogP contribution in [-0.2, 0) is 5.60 Å². The average Bonchev–Trinajstić information content (AvgIpc) is 2.39. The number of hydrogen-bond donors (Lipinski definition) is 1. The Morgan fingerprint density at radius 3 is 2.65 bits per heavy atom. The molecule has 0 aliphatic heterocycles. The number of nitrogens with zero attached hydrogens (tertiary/aromatic N) is 1. The quantitative estimate of drug-likeness (QED) is 0.898. The van der Waals surface area contributed by atoms with Gasteiger partial charge in [0.2, 0.25) is 0 Å². The third-order valence-corrected chi connectivity index (χ3v) is 5.57. The first kappa shape index (κ1) is 15.7. The van der Waals surface area contributed by atoms with Crippen molar-refractivity contribution in [2.45, 2.75) is 44.2 Å². The standard InChI is InChI=1S/C16H23ClFNO/c1-11-7-6-10-15(2,19(3)4)16(11,20)12-8-5-9-13(18)14(12)17/h5,8-9,11,20H,6-7,10H2,1-4H3. The third kappa shape index (κ3) is 2.07. The number of halogens is 2. The summed E-state index contributed by atoms with van der Waals surface area (Å²) in [6.45, 7) is 4.05. The van der Waals surface area contributed by atoms with Gasteiger partial charge in [-0.3, -0.25) is 0 Å². The molecule has 1 aromatic rings. The van der Waals surface area contributed by atoms with Crippen LogP contribution in [-0.4, -0.2) is 29.6 Å². The Balaban J connectivity index is 2.66. The molecule has 1 N–H and O–H groups in total. The Bertz CT molecular complexity index is 507. The van der Waals surface area contributed by atoms with Gasteiger partial charge >= 0.3 is 0 Å². The Kier molecular flexibility index (Phi) is 4.16. The lowest BCUT2D eigenvalue weighted by Crippen LogP contribution is -2.63. The maximum Gasteiger partial charge on any atom is 0.142 e. The third-order valence-electron chi connectivity index (χ3n) is 5.18. The minimum Gasteiger partial charge on any atom is -0.383 e. The van der Waals surface area contributed by atoms with Crippen molar-refractivity contribution in [2.75, 3.05) is 14.1 Å². The highest BCUT2D eigenvalue weighted by molar-refractivity contribution is 6.31. The molecule has 20 heavy (non-hydrogen) atoms. The SMILES string of the molecule is CC1CCCC(C)(N(C)C)C1(O)c1cccc(F)c1Cl. The summed E-state index contributed by atoms with van der Waals surface area (Å²) < 4.78 is 13.8. The van der Waals surface area contributed by atoms with Gasteiger partial charge in [0.05, 0.1) is 10.6 Å². The second-order valence-corrected chi connectivity index (χ2v) is 6.71. The molecule has 4 heteroatoms. The van der Waals surface area contributed by atoms with Gasteiger partial charge in [0.1, 0.15) is 11.4 Å². The second kappa shape index (κ2) is 5.28. The largest absolute Gasteiger partial charge is 0.383 e. The number of hydrogen-bond acceptors (Lipinski definition) is 2. The molecule has 1 aliphatic carbocycles. The minimum absolute atomic E-state index is 0.0166. The molecule has 0 spiro atoms. The zero-order valence-corrected chi connectivity index (χ0v) is 13.3. The fourth-order valence-corrected chi connectivity index (χ4v) is 3.87. The summed E-state index contributed by atoms with van der Waals surface area (Å²) in [4.78, 5) is 2.03. The van der Waals surface area contributed by atoms with Crippen LogP contribution in [0.25, 0.3) is 0 Å². The maximum absolute atomic E-state index is 13.8. The van der Waals surface area contributed by atoms with Crippen LogP contribution in [0, 0.1) is 11.7 Å². The molecule has 1 aromatic carbocycles. The Morgan fingerprint density at radius 1 is 1.40 bits per heavy atom. The minimum atomic E-state index is -1.16. The molecule has 0 saturated heterocycles. The summed E-state index contributed by atoms with van der Waals surface area (Å²) in [5.74, 6) is -0.459. The molecule has 3 unspecified atom stereocenters. The van der Waals surface area contributed by atoms with Crippen LogP contribution >= 0.6 is 11.6 Å². The molecule has 0 heterocycles. The highest BCUT2D eigenvalue weighted by atomic mass is 35.5. The van der Waals surface area contributed by atoms with Crippen molar-refractivity contribution >= 4 is 11.6 Å². The molecule has 0 radical (unpaired) electrons. The first-order chi connectivity index (χ1) is 9.25. The average molecular weight is 300 g/mol. The van der Waals surface area contributed by atoms with Gasteiger partial charge in [0, 0.05) is 5.56 Å². The molecule has 2 rings (SSSR count). The lowest BCUT2D eigenvalue weighted by molar-refractivity contribution is -0.155. The molecule has 1 aliphatic rings. The molecule has 0 bridgehead atoms. The summed E-state index contributed by atoms with van der Waals surface area (Å²) in [7, 11) is 3.91. The van der Waals surface area contributed by atoms with E-state index in [2.05, 4.69) is 0 Å². The second-order valence-electron chi connectivity index (χ2n) is 6.33. The molecule has 1 fully saturated rings. The lowest BCUT2D eigenvalue weighted by atomic mass is 9.61. The van der Waals surface area contributed by atoms with Gasteiger partial charge in [-0.1, -0.05) is 37.1 Å². The molecule has 0 amide bonds. The van der Waals surface area contributed by atoms with E-state index in [0.717, 1.165) is 19.3 Å². The van der Waals surface area contributed by atoms with Crippen molar-refractivity contribution in [1.82, 2.24) is 4.90 Å². The number of rotatable bonds is 2. The summed E-state index contributed by atoms with van der Waals surface area (Å²) in [5, 5.41) is 11.6. The zero-order valence-electron chi connectivity index (χ0n) is 12.6. The highest BCUT2D eigenvalue weighted by Gasteiger charge is 2.55. The molecule has 2 nitrogen and oxygen atoms in total. The van der Waals surface area contributed by atoms with E-state index in [1.807, 2.05) is 32.8 Å². The van der Waals surface area contributed by atoms with Gasteiger partial charge in [-0.25, -0.2) is 4.39 Å². The van der Waals surface area contributed by atoms with Crippen molar-refractivity contribution < 1.29 is 9.50 Å². The lowest BCUT2D eigenvalue weighted by Gasteiger charge is -2.55. The number of likely N-dealkylation sites (N-methyl/N-ethyl adjacent to an activating group) is 1. The van der Waals surface area contributed by atoms with Crippen LogP contribution in [0.5, 0.6) is 0 Å². The van der Waals surface area contributed by atoms with Crippen molar-refractivity contribution in [3.8, 4) is 0 Å². The van der Waals surface area contributed by atoms with E-state index in [-0.39, 0.29) is 10.9 Å². The van der Waals surface area contributed by atoms with Gasteiger partial charge in [-0.2, -0.15) is 0 Å². The van der Waals surface area contributed by atoms with E-state index in [1.165, 1.54) is 6.07 Å². The first-order valence-electron chi connectivity index (χ1n) is 7.09. The van der Waals surface area contributed by atoms with Crippen LogP contribution < -0.4 is 0 Å². The fourth-order valence-electron chi connectivity index (χ4n) is 3.60. The van der Waals surface area contributed by atoms with E-state index in [1.54, 1.807) is 12.1 Å². The van der Waals surface area contributed by atoms with E-state index in [9.17, 15) is 9.50 Å². The Labute approximate surface area is 125 Å². The van der Waals surface area contributed by atoms with E-state index in [0.29, 0.717) is 5.56 Å². The Morgan fingerprint density at radius 2 is 2.05 bits per heavy atom. The summed E-state index contributed by atoms with van der Waals surface area (Å²) in [5.41, 5.74) is -1.13. The zero-order chi connectivity index (χ0) is 15.1. The van der Waals surface area contributed by atoms with Crippen LogP contribution in [0.2, 0.25) is 5.02 Å². The van der Waals surface area contributed by atoms with Crippen molar-refractivity contribution in [1.29, 1.82) is 0 Å². The van der Waals surface area contributed by atoms with Crippen LogP contribution in [0.4, 0.5) is 4.39 Å². The molecule has 1 saturated carbocycles. The molecular weight excluding hydrogens is 277 g/mol. The molecule has 112 valence electrons. The van der Waals surface area contributed by atoms with Gasteiger partial charge in [-0.15, -0.1) is 0 Å². The number of benzene rings is 1. The predicted octanol–water partition coefficient (Wildman–Crippen LogP) is 3.81. The van der Waals surface area contributed by atoms with Crippen LogP contribution in [0.15, 0.2) is 18.2 Å².